The van der Waals surface area contributed by atoms with E-state index in [-0.39, 0.29) is 24.0 Å². The molecule has 1 fully saturated rings. The van der Waals surface area contributed by atoms with Crippen LogP contribution in [0.15, 0.2) is 48.5 Å². The zero-order valence-electron chi connectivity index (χ0n) is 23.6. The van der Waals surface area contributed by atoms with Crippen LogP contribution in [0.5, 0.6) is 5.75 Å². The molecule has 0 saturated carbocycles. The Morgan fingerprint density at radius 2 is 1.84 bits per heavy atom. The Morgan fingerprint density at radius 3 is 2.41 bits per heavy atom. The molecule has 1 atom stereocenters. The van der Waals surface area contributed by atoms with Crippen molar-refractivity contribution in [3.63, 3.8) is 0 Å². The fourth-order valence-electron chi connectivity index (χ4n) is 4.49. The highest BCUT2D eigenvalue weighted by atomic mass is 19.4. The second-order valence-corrected chi connectivity index (χ2v) is 9.99. The van der Waals surface area contributed by atoms with E-state index in [4.69, 9.17) is 21.0 Å². The van der Waals surface area contributed by atoms with Crippen molar-refractivity contribution >= 4 is 41.5 Å². The molecule has 1 saturated heterocycles. The molecule has 236 valence electrons. The first-order chi connectivity index (χ1) is 20.6. The van der Waals surface area contributed by atoms with Crippen molar-refractivity contribution in [2.75, 3.05) is 24.5 Å². The lowest BCUT2D eigenvalue weighted by atomic mass is 10.1. The van der Waals surface area contributed by atoms with Crippen molar-refractivity contribution in [2.24, 2.45) is 5.73 Å². The van der Waals surface area contributed by atoms with E-state index < -0.39 is 54.0 Å². The van der Waals surface area contributed by atoms with Gasteiger partial charge in [0.2, 0.25) is 5.91 Å². The van der Waals surface area contributed by atoms with Crippen LogP contribution in [0.1, 0.15) is 42.9 Å². The van der Waals surface area contributed by atoms with Crippen LogP contribution >= 0.6 is 0 Å². The van der Waals surface area contributed by atoms with Gasteiger partial charge < -0.3 is 30.9 Å². The fraction of sp³-hybridized carbons (Fsp3) is 0.345. The van der Waals surface area contributed by atoms with Crippen molar-refractivity contribution in [3.8, 4) is 5.75 Å². The Morgan fingerprint density at radius 1 is 1.16 bits per heavy atom. The highest BCUT2D eigenvalue weighted by molar-refractivity contribution is 5.96. The summed E-state index contributed by atoms with van der Waals surface area (Å²) < 4.78 is 48.3. The molecule has 0 radical (unpaired) electrons. The van der Waals surface area contributed by atoms with Gasteiger partial charge in [-0.25, -0.2) is 9.59 Å². The number of ether oxygens (including phenoxy) is 1. The molecule has 0 aromatic heterocycles. The number of amides is 3. The van der Waals surface area contributed by atoms with E-state index >= 15 is 0 Å². The molecular weight excluding hydrogens is 587 g/mol. The lowest BCUT2D eigenvalue weighted by molar-refractivity contribution is -0.145. The van der Waals surface area contributed by atoms with E-state index in [1.165, 1.54) is 25.1 Å². The third kappa shape index (κ3) is 9.21. The van der Waals surface area contributed by atoms with Crippen molar-refractivity contribution in [1.29, 1.82) is 5.41 Å². The van der Waals surface area contributed by atoms with E-state index in [1.54, 1.807) is 29.2 Å². The summed E-state index contributed by atoms with van der Waals surface area (Å²) in [5, 5.41) is 28.1. The number of aliphatic carboxylic acids is 2. The molecule has 0 spiro atoms. The first-order valence-corrected chi connectivity index (χ1v) is 13.4. The van der Waals surface area contributed by atoms with E-state index in [1.807, 2.05) is 0 Å². The average molecular weight is 620 g/mol. The Balaban J connectivity index is 1.94. The predicted molar refractivity (Wildman–Crippen MR) is 153 cm³/mol. The molecule has 6 N–H and O–H groups in total. The number of likely N-dealkylation sites (tertiary alicyclic amines) is 1. The van der Waals surface area contributed by atoms with Crippen LogP contribution < -0.4 is 20.7 Å². The quantitative estimate of drug-likeness (QED) is 0.187. The van der Waals surface area contributed by atoms with E-state index in [2.05, 4.69) is 5.32 Å². The van der Waals surface area contributed by atoms with Gasteiger partial charge in [0.25, 0.3) is 0 Å². The summed E-state index contributed by atoms with van der Waals surface area (Å²) >= 11 is 0. The second-order valence-electron chi connectivity index (χ2n) is 9.99. The van der Waals surface area contributed by atoms with Gasteiger partial charge in [0.1, 0.15) is 23.7 Å². The molecule has 1 heterocycles. The van der Waals surface area contributed by atoms with Crippen LogP contribution in [0.3, 0.4) is 0 Å². The molecule has 1 aliphatic rings. The monoisotopic (exact) mass is 619 g/mol. The maximum absolute atomic E-state index is 14.2. The van der Waals surface area contributed by atoms with Gasteiger partial charge in [0, 0.05) is 50.7 Å². The number of hydrogen-bond acceptors (Lipinski definition) is 6. The normalized spacial score (nSPS) is 14.6. The maximum Gasteiger partial charge on any atom is 0.420 e. The highest BCUT2D eigenvalue weighted by Gasteiger charge is 2.37. The van der Waals surface area contributed by atoms with Crippen LogP contribution in [-0.4, -0.2) is 76.6 Å². The van der Waals surface area contributed by atoms with Crippen molar-refractivity contribution in [3.05, 3.63) is 65.2 Å². The number of hydrogen-bond donors (Lipinski definition) is 5. The summed E-state index contributed by atoms with van der Waals surface area (Å²) in [5.41, 5.74) is 5.03. The first-order valence-electron chi connectivity index (χ1n) is 13.4. The number of piperidine rings is 1. The number of urea groups is 1. The van der Waals surface area contributed by atoms with Gasteiger partial charge >= 0.3 is 24.1 Å². The number of nitrogens with two attached hydrogens (primary N) is 1. The third-order valence-corrected chi connectivity index (χ3v) is 6.78. The van der Waals surface area contributed by atoms with Crippen LogP contribution in [0.4, 0.5) is 23.7 Å². The van der Waals surface area contributed by atoms with Crippen molar-refractivity contribution in [2.45, 2.75) is 44.5 Å². The summed E-state index contributed by atoms with van der Waals surface area (Å²) in [6.45, 7) is 1.71. The predicted octanol–water partition coefficient (Wildman–Crippen LogP) is 3.54. The summed E-state index contributed by atoms with van der Waals surface area (Å²) in [5.74, 6) is -3.96. The fourth-order valence-corrected chi connectivity index (χ4v) is 4.49. The number of benzene rings is 2. The molecule has 44 heavy (non-hydrogen) atoms. The second kappa shape index (κ2) is 14.4. The summed E-state index contributed by atoms with van der Waals surface area (Å²) in [6, 6.07) is 6.40. The van der Waals surface area contributed by atoms with E-state index in [0.717, 1.165) is 11.0 Å². The molecule has 1 unspecified atom stereocenters. The van der Waals surface area contributed by atoms with Gasteiger partial charge in [-0.15, -0.1) is 0 Å². The lowest BCUT2D eigenvalue weighted by Gasteiger charge is -2.32. The number of nitrogens with zero attached hydrogens (tertiary/aromatic N) is 2. The van der Waals surface area contributed by atoms with Gasteiger partial charge in [-0.3, -0.25) is 19.9 Å². The Bertz CT molecular complexity index is 1440. The first kappa shape index (κ1) is 33.4. The number of halogens is 3. The molecule has 0 aliphatic carbocycles. The largest absolute Gasteiger partial charge is 0.490 e. The number of nitrogen functional groups attached to an aromatic ring is 1. The van der Waals surface area contributed by atoms with Crippen molar-refractivity contribution < 1.29 is 47.3 Å². The number of carboxylic acids is 2. The smallest absolute Gasteiger partial charge is 0.420 e. The summed E-state index contributed by atoms with van der Waals surface area (Å²) in [4.78, 5) is 49.9. The number of carbonyl (C=O) groups is 4. The number of carbonyl (C=O) groups excluding carboxylic acids is 2. The van der Waals surface area contributed by atoms with Gasteiger partial charge in [0.05, 0.1) is 12.0 Å². The van der Waals surface area contributed by atoms with E-state index in [0.29, 0.717) is 43.1 Å². The molecule has 15 heteroatoms. The number of rotatable bonds is 11. The number of anilines is 1. The summed E-state index contributed by atoms with van der Waals surface area (Å²) in [7, 11) is 0. The van der Waals surface area contributed by atoms with Crippen molar-refractivity contribution in [1.82, 2.24) is 10.2 Å². The molecule has 1 aliphatic heterocycles. The minimum atomic E-state index is -4.90. The van der Waals surface area contributed by atoms with Crippen LogP contribution in [0, 0.1) is 5.41 Å². The number of nitrogens with one attached hydrogen (secondary N) is 2. The molecule has 12 nitrogen and oxygen atoms in total. The topological polar surface area (TPSA) is 186 Å². The maximum atomic E-state index is 14.2. The molecule has 0 bridgehead atoms. The van der Waals surface area contributed by atoms with Gasteiger partial charge in [-0.1, -0.05) is 30.4 Å². The lowest BCUT2D eigenvalue weighted by Crippen LogP contribution is -2.49. The van der Waals surface area contributed by atoms with Gasteiger partial charge in [-0.2, -0.15) is 13.2 Å². The van der Waals surface area contributed by atoms with Crippen LogP contribution in [0.25, 0.3) is 6.08 Å². The standard InChI is InChI=1S/C29H32F3N5O7/c1-17(38)36-12-9-21(10-13-36)44-24-8-7-20(15-22(24)29(30,31)32)37(28(43)35-23(27(41)42)16-25(39)40)11-3-5-18-4-2-6-19(14-18)26(33)34/h2-8,14-15,21,23H,9-13,16H2,1H3,(H3,33,34)(H,35,43)(H,39,40)(H,41,42). The Labute approximate surface area is 250 Å². The zero-order valence-corrected chi connectivity index (χ0v) is 23.6. The van der Waals surface area contributed by atoms with Crippen LogP contribution in [-0.2, 0) is 20.6 Å². The number of alkyl halides is 3. The molecule has 3 rings (SSSR count). The van der Waals surface area contributed by atoms with Crippen LogP contribution in [0.2, 0.25) is 0 Å². The molecule has 2 aromatic carbocycles. The van der Waals surface area contributed by atoms with Gasteiger partial charge in [-0.05, 0) is 29.8 Å². The SMILES string of the molecule is CC(=O)N1CCC(Oc2ccc(N(CC=Cc3cccc(C(=N)N)c3)C(=O)NC(CC(=O)O)C(=O)O)cc2C(F)(F)F)CC1. The summed E-state index contributed by atoms with van der Waals surface area (Å²) in [6.07, 6.45) is -2.86. The molecule has 3 amide bonds. The average Bonchev–Trinajstić information content (AvgIpc) is 2.95. The number of amidine groups is 1. The third-order valence-electron chi connectivity index (χ3n) is 6.78. The highest BCUT2D eigenvalue weighted by Crippen LogP contribution is 2.39. The number of carboxylic acid groups (broad SMARTS) is 2. The minimum absolute atomic E-state index is 0.142. The Hall–Kier alpha value is -5.08. The van der Waals surface area contributed by atoms with E-state index in [9.17, 15) is 37.5 Å². The minimum Gasteiger partial charge on any atom is -0.490 e. The van der Waals surface area contributed by atoms with Gasteiger partial charge in [0.15, 0.2) is 0 Å². The zero-order chi connectivity index (χ0) is 32.6. The molecule has 2 aromatic rings. The molecular formula is C29H32F3N5O7. The Kier molecular flexibility index (Phi) is 10.9.